The molecule has 0 heterocycles. The van der Waals surface area contributed by atoms with Gasteiger partial charge in [-0.1, -0.05) is 48.8 Å². The molecule has 1 aromatic rings. The summed E-state index contributed by atoms with van der Waals surface area (Å²) < 4.78 is 14.0. The van der Waals surface area contributed by atoms with E-state index in [0.29, 0.717) is 0 Å². The fourth-order valence-electron chi connectivity index (χ4n) is 1.54. The van der Waals surface area contributed by atoms with Crippen LogP contribution in [0.1, 0.15) is 32.3 Å². The molecule has 0 amide bonds. The molecule has 0 aliphatic carbocycles. The molecule has 0 saturated heterocycles. The molecule has 0 fully saturated rings. The van der Waals surface area contributed by atoms with Gasteiger partial charge in [-0.05, 0) is 23.1 Å². The third-order valence-electron chi connectivity index (χ3n) is 2.45. The van der Waals surface area contributed by atoms with Gasteiger partial charge in [0.25, 0.3) is 0 Å². The second kappa shape index (κ2) is 4.43. The molecule has 1 rings (SSSR count). The first-order chi connectivity index (χ1) is 6.45. The van der Waals surface area contributed by atoms with Gasteiger partial charge >= 0.3 is 0 Å². The Morgan fingerprint density at radius 1 is 1.36 bits per heavy atom. The Hall–Kier alpha value is -0.370. The summed E-state index contributed by atoms with van der Waals surface area (Å²) in [4.78, 5) is 0. The average molecular weight is 259 g/mol. The summed E-state index contributed by atoms with van der Waals surface area (Å²) in [6.45, 7) is 5.90. The van der Waals surface area contributed by atoms with Gasteiger partial charge < -0.3 is 0 Å². The first-order valence-electron chi connectivity index (χ1n) is 4.76. The highest BCUT2D eigenvalue weighted by molar-refractivity contribution is 9.10. The molecule has 1 atom stereocenters. The van der Waals surface area contributed by atoms with E-state index in [1.165, 1.54) is 0 Å². The molecule has 0 aromatic heterocycles. The van der Waals surface area contributed by atoms with Crippen LogP contribution in [0.3, 0.4) is 0 Å². The van der Waals surface area contributed by atoms with Crippen LogP contribution in [0.15, 0.2) is 28.7 Å². The fraction of sp³-hybridized carbons (Fsp3) is 0.500. The highest BCUT2D eigenvalue weighted by Gasteiger charge is 2.26. The fourth-order valence-corrected chi connectivity index (χ4v) is 1.96. The lowest BCUT2D eigenvalue weighted by atomic mass is 9.77. The summed E-state index contributed by atoms with van der Waals surface area (Å²) in [5, 5.41) is 0. The molecule has 0 bridgehead atoms. The maximum Gasteiger partial charge on any atom is 0.0967 e. The molecule has 0 saturated carbocycles. The normalized spacial score (nSPS) is 14.1. The Morgan fingerprint density at radius 2 is 2.00 bits per heavy atom. The van der Waals surface area contributed by atoms with Gasteiger partial charge in [0, 0.05) is 10.4 Å². The van der Waals surface area contributed by atoms with Crippen molar-refractivity contribution in [1.82, 2.24) is 0 Å². The van der Waals surface area contributed by atoms with E-state index in [4.69, 9.17) is 0 Å². The molecule has 78 valence electrons. The van der Waals surface area contributed by atoms with E-state index < -0.39 is 0 Å². The van der Waals surface area contributed by atoms with E-state index in [1.807, 2.05) is 24.3 Å². The van der Waals surface area contributed by atoms with Crippen LogP contribution in [0.25, 0.3) is 0 Å². The predicted octanol–water partition coefficient (Wildman–Crippen LogP) is 4.55. The molecule has 14 heavy (non-hydrogen) atoms. The highest BCUT2D eigenvalue weighted by atomic mass is 79.9. The molecule has 0 aliphatic rings. The van der Waals surface area contributed by atoms with Crippen LogP contribution in [-0.2, 0) is 0 Å². The van der Waals surface area contributed by atoms with Gasteiger partial charge in [-0.25, -0.2) is 0 Å². The maximum absolute atomic E-state index is 13.0. The van der Waals surface area contributed by atoms with Crippen LogP contribution in [0.2, 0.25) is 0 Å². The van der Waals surface area contributed by atoms with E-state index in [9.17, 15) is 4.39 Å². The number of halogens is 2. The number of hydrogen-bond donors (Lipinski definition) is 0. The minimum Gasteiger partial charge on any atom is -0.250 e. The van der Waals surface area contributed by atoms with Crippen LogP contribution in [0.5, 0.6) is 0 Å². The Labute approximate surface area is 93.7 Å². The number of rotatable bonds is 2. The number of benzene rings is 1. The highest BCUT2D eigenvalue weighted by Crippen LogP contribution is 2.36. The zero-order valence-electron chi connectivity index (χ0n) is 8.85. The van der Waals surface area contributed by atoms with Crippen LogP contribution in [0, 0.1) is 5.41 Å². The lowest BCUT2D eigenvalue weighted by Gasteiger charge is -2.28. The molecule has 1 unspecified atom stereocenters. The third-order valence-corrected chi connectivity index (χ3v) is 2.94. The summed E-state index contributed by atoms with van der Waals surface area (Å²) in [6, 6.07) is 7.89. The quantitative estimate of drug-likeness (QED) is 0.731. The van der Waals surface area contributed by atoms with Crippen molar-refractivity contribution in [2.75, 3.05) is 6.67 Å². The van der Waals surface area contributed by atoms with Crippen LogP contribution in [0.4, 0.5) is 4.39 Å². The minimum atomic E-state index is -0.306. The van der Waals surface area contributed by atoms with Gasteiger partial charge in [0.1, 0.15) is 0 Å². The summed E-state index contributed by atoms with van der Waals surface area (Å²) in [5.74, 6) is -0.0278. The zero-order valence-corrected chi connectivity index (χ0v) is 10.4. The summed E-state index contributed by atoms with van der Waals surface area (Å²) in [7, 11) is 0. The van der Waals surface area contributed by atoms with Crippen molar-refractivity contribution < 1.29 is 4.39 Å². The smallest absolute Gasteiger partial charge is 0.0967 e. The molecule has 0 nitrogen and oxygen atoms in total. The van der Waals surface area contributed by atoms with Crippen molar-refractivity contribution in [1.29, 1.82) is 0 Å². The standard InChI is InChI=1S/C12H16BrF/c1-12(2,3)11(8-14)9-5-4-6-10(13)7-9/h4-7,11H,8H2,1-3H3. The minimum absolute atomic E-state index is 0.0278. The van der Waals surface area contributed by atoms with Gasteiger partial charge in [0.15, 0.2) is 0 Å². The predicted molar refractivity (Wildman–Crippen MR) is 62.3 cm³/mol. The molecule has 0 spiro atoms. The molecule has 0 N–H and O–H groups in total. The molecule has 0 aliphatic heterocycles. The van der Waals surface area contributed by atoms with Crippen LogP contribution >= 0.6 is 15.9 Å². The van der Waals surface area contributed by atoms with Gasteiger partial charge in [0.05, 0.1) is 6.67 Å². The van der Waals surface area contributed by atoms with E-state index >= 15 is 0 Å². The average Bonchev–Trinajstić information content (AvgIpc) is 2.02. The molecular formula is C12H16BrF. The topological polar surface area (TPSA) is 0 Å². The SMILES string of the molecule is CC(C)(C)C(CF)c1cccc(Br)c1. The Bertz CT molecular complexity index is 301. The van der Waals surface area contributed by atoms with Crippen molar-refractivity contribution in [2.24, 2.45) is 5.41 Å². The van der Waals surface area contributed by atoms with Gasteiger partial charge in [0.2, 0.25) is 0 Å². The zero-order chi connectivity index (χ0) is 10.8. The number of hydrogen-bond acceptors (Lipinski definition) is 0. The van der Waals surface area contributed by atoms with E-state index in [1.54, 1.807) is 0 Å². The van der Waals surface area contributed by atoms with Crippen molar-refractivity contribution in [3.63, 3.8) is 0 Å². The van der Waals surface area contributed by atoms with Crippen molar-refractivity contribution in [3.05, 3.63) is 34.3 Å². The summed E-state index contributed by atoms with van der Waals surface area (Å²) in [6.07, 6.45) is 0. The molecule has 2 heteroatoms. The van der Waals surface area contributed by atoms with Crippen LogP contribution in [-0.4, -0.2) is 6.67 Å². The third kappa shape index (κ3) is 2.81. The first-order valence-corrected chi connectivity index (χ1v) is 5.56. The van der Waals surface area contributed by atoms with E-state index in [0.717, 1.165) is 10.0 Å². The van der Waals surface area contributed by atoms with Gasteiger partial charge in [-0.15, -0.1) is 0 Å². The Morgan fingerprint density at radius 3 is 2.43 bits per heavy atom. The summed E-state index contributed by atoms with van der Waals surface area (Å²) >= 11 is 3.40. The molecule has 0 radical (unpaired) electrons. The van der Waals surface area contributed by atoms with Crippen molar-refractivity contribution in [3.8, 4) is 0 Å². The maximum atomic E-state index is 13.0. The first kappa shape index (κ1) is 11.7. The number of alkyl halides is 1. The lowest BCUT2D eigenvalue weighted by Crippen LogP contribution is -2.20. The largest absolute Gasteiger partial charge is 0.250 e. The second-order valence-electron chi connectivity index (χ2n) is 4.63. The molecule has 1 aromatic carbocycles. The van der Waals surface area contributed by atoms with Crippen molar-refractivity contribution >= 4 is 15.9 Å². The molecular weight excluding hydrogens is 243 g/mol. The Kier molecular flexibility index (Phi) is 3.71. The second-order valence-corrected chi connectivity index (χ2v) is 5.54. The summed E-state index contributed by atoms with van der Waals surface area (Å²) in [5.41, 5.74) is 1.03. The van der Waals surface area contributed by atoms with Crippen molar-refractivity contribution in [2.45, 2.75) is 26.7 Å². The van der Waals surface area contributed by atoms with Gasteiger partial charge in [-0.3, -0.25) is 4.39 Å². The van der Waals surface area contributed by atoms with Gasteiger partial charge in [-0.2, -0.15) is 0 Å². The Balaban J connectivity index is 3.01. The monoisotopic (exact) mass is 258 g/mol. The van der Waals surface area contributed by atoms with Crippen LogP contribution < -0.4 is 0 Å². The van der Waals surface area contributed by atoms with E-state index in [-0.39, 0.29) is 18.0 Å². The lowest BCUT2D eigenvalue weighted by molar-refractivity contribution is 0.262. The van der Waals surface area contributed by atoms with E-state index in [2.05, 4.69) is 36.7 Å².